The van der Waals surface area contributed by atoms with Crippen molar-refractivity contribution in [3.8, 4) is 22.5 Å². The quantitative estimate of drug-likeness (QED) is 0.239. The summed E-state index contributed by atoms with van der Waals surface area (Å²) >= 11 is 1.32. The van der Waals surface area contributed by atoms with Gasteiger partial charge in [0.15, 0.2) is 5.16 Å². The van der Waals surface area contributed by atoms with E-state index in [1.54, 1.807) is 12.3 Å². The molecule has 33 heavy (non-hydrogen) atoms. The summed E-state index contributed by atoms with van der Waals surface area (Å²) in [6.45, 7) is 0. The van der Waals surface area contributed by atoms with Crippen LogP contribution >= 0.6 is 11.8 Å². The van der Waals surface area contributed by atoms with Crippen molar-refractivity contribution in [3.63, 3.8) is 0 Å². The summed E-state index contributed by atoms with van der Waals surface area (Å²) in [4.78, 5) is 11.8. The molecule has 2 aromatic heterocycles. The Labute approximate surface area is 188 Å². The molecule has 0 saturated carbocycles. The molecule has 0 aliphatic carbocycles. The maximum absolute atomic E-state index is 12.9. The van der Waals surface area contributed by atoms with Crippen molar-refractivity contribution in [2.45, 2.75) is 23.3 Å². The molecule has 4 rings (SSSR count). The molecule has 0 fully saturated rings. The number of nitrogens with zero attached hydrogens (tertiary/aromatic N) is 2. The van der Waals surface area contributed by atoms with Crippen LogP contribution in [0.1, 0.15) is 16.8 Å². The zero-order valence-corrected chi connectivity index (χ0v) is 17.5. The van der Waals surface area contributed by atoms with Gasteiger partial charge in [-0.2, -0.15) is 26.3 Å². The van der Waals surface area contributed by atoms with E-state index in [4.69, 9.17) is 0 Å². The fourth-order valence-electron chi connectivity index (χ4n) is 3.11. The number of aromatic amines is 1. The molecule has 2 heterocycles. The van der Waals surface area contributed by atoms with Gasteiger partial charge in [-0.1, -0.05) is 42.1 Å². The van der Waals surface area contributed by atoms with E-state index in [1.165, 1.54) is 36.0 Å². The van der Waals surface area contributed by atoms with Crippen LogP contribution in [0.25, 0.3) is 22.5 Å². The summed E-state index contributed by atoms with van der Waals surface area (Å²) < 4.78 is 77.7. The van der Waals surface area contributed by atoms with Crippen LogP contribution in [0.4, 0.5) is 26.3 Å². The number of aromatic nitrogens is 3. The average Bonchev–Trinajstić information content (AvgIpc) is 3.22. The lowest BCUT2D eigenvalue weighted by Crippen LogP contribution is -2.04. The molecule has 0 radical (unpaired) electrons. The van der Waals surface area contributed by atoms with Crippen LogP contribution in [-0.2, 0) is 18.1 Å². The van der Waals surface area contributed by atoms with Gasteiger partial charge in [-0.15, -0.1) is 0 Å². The minimum atomic E-state index is -4.48. The number of halogens is 6. The van der Waals surface area contributed by atoms with Crippen molar-refractivity contribution in [2.75, 3.05) is 0 Å². The molecule has 0 amide bonds. The molecule has 4 aromatic rings. The lowest BCUT2D eigenvalue weighted by atomic mass is 10.0. The second-order valence-electron chi connectivity index (χ2n) is 7.03. The van der Waals surface area contributed by atoms with E-state index in [1.807, 2.05) is 12.1 Å². The van der Waals surface area contributed by atoms with Crippen molar-refractivity contribution >= 4 is 11.8 Å². The van der Waals surface area contributed by atoms with Gasteiger partial charge < -0.3 is 4.98 Å². The summed E-state index contributed by atoms with van der Waals surface area (Å²) in [5.41, 5.74) is 0.771. The first kappa shape index (κ1) is 22.9. The van der Waals surface area contributed by atoms with E-state index in [-0.39, 0.29) is 0 Å². The van der Waals surface area contributed by atoms with Crippen molar-refractivity contribution in [1.29, 1.82) is 0 Å². The number of benzene rings is 2. The Morgan fingerprint density at radius 3 is 1.82 bits per heavy atom. The number of hydrogen-bond acceptors (Lipinski definition) is 3. The number of pyridine rings is 1. The molecule has 0 spiro atoms. The highest BCUT2D eigenvalue weighted by atomic mass is 32.2. The topological polar surface area (TPSA) is 41.6 Å². The van der Waals surface area contributed by atoms with Gasteiger partial charge in [-0.3, -0.25) is 4.98 Å². The molecular weight excluding hydrogens is 464 g/mol. The summed E-state index contributed by atoms with van der Waals surface area (Å²) in [5.74, 6) is 0.479. The minimum absolute atomic E-state index is 0.340. The Balaban J connectivity index is 1.71. The molecule has 1 N–H and O–H groups in total. The third-order valence-electron chi connectivity index (χ3n) is 4.75. The van der Waals surface area contributed by atoms with E-state index in [0.29, 0.717) is 33.4 Å². The van der Waals surface area contributed by atoms with Crippen LogP contribution in [0.3, 0.4) is 0 Å². The van der Waals surface area contributed by atoms with E-state index in [2.05, 4.69) is 15.0 Å². The maximum Gasteiger partial charge on any atom is 0.416 e. The summed E-state index contributed by atoms with van der Waals surface area (Å²) in [5, 5.41) is 0.463. The Hall–Kier alpha value is -3.27. The molecule has 2 aromatic carbocycles. The van der Waals surface area contributed by atoms with Gasteiger partial charge in [0.25, 0.3) is 0 Å². The third-order valence-corrected chi connectivity index (χ3v) is 5.66. The fourth-order valence-corrected chi connectivity index (χ4v) is 3.89. The van der Waals surface area contributed by atoms with Gasteiger partial charge in [-0.25, -0.2) is 4.98 Å². The van der Waals surface area contributed by atoms with Gasteiger partial charge in [-0.05, 0) is 36.4 Å². The Morgan fingerprint density at radius 1 is 0.727 bits per heavy atom. The smallest absolute Gasteiger partial charge is 0.332 e. The number of thioether (sulfide) groups is 1. The van der Waals surface area contributed by atoms with Crippen LogP contribution in [-0.4, -0.2) is 15.0 Å². The van der Waals surface area contributed by atoms with E-state index < -0.39 is 23.5 Å². The van der Waals surface area contributed by atoms with Gasteiger partial charge in [0.2, 0.25) is 0 Å². The SMILES string of the molecule is FC(F)(F)c1ccc(-c2nc(SCc3ccccn3)[nH]c2-c2ccc(C(F)(F)F)cc2)cc1. The number of imidazole rings is 1. The first-order valence-corrected chi connectivity index (χ1v) is 10.6. The highest BCUT2D eigenvalue weighted by Crippen LogP contribution is 2.37. The second-order valence-corrected chi connectivity index (χ2v) is 7.99. The number of hydrogen-bond donors (Lipinski definition) is 1. The van der Waals surface area contributed by atoms with Crippen molar-refractivity contribution < 1.29 is 26.3 Å². The first-order chi connectivity index (χ1) is 15.6. The van der Waals surface area contributed by atoms with Gasteiger partial charge in [0.05, 0.1) is 28.2 Å². The summed E-state index contributed by atoms with van der Waals surface area (Å²) in [6, 6.07) is 14.4. The average molecular weight is 479 g/mol. The molecule has 0 aliphatic heterocycles. The standard InChI is InChI=1S/C23H15F6N3S/c24-22(25,26)16-8-4-14(5-9-16)19-20(15-6-10-17(11-7-15)23(27,28)29)32-21(31-19)33-13-18-3-1-2-12-30-18/h1-12H,13H2,(H,31,32). The number of H-pyrrole nitrogens is 1. The Kier molecular flexibility index (Phi) is 6.20. The van der Waals surface area contributed by atoms with Crippen LogP contribution in [0.15, 0.2) is 78.1 Å². The van der Waals surface area contributed by atoms with Gasteiger partial charge >= 0.3 is 12.4 Å². The molecule has 0 unspecified atom stereocenters. The Morgan fingerprint density at radius 2 is 1.30 bits per heavy atom. The molecule has 0 bridgehead atoms. The fraction of sp³-hybridized carbons (Fsp3) is 0.130. The molecular formula is C23H15F6N3S. The molecule has 0 aliphatic rings. The van der Waals surface area contributed by atoms with Crippen LogP contribution in [0, 0.1) is 0 Å². The number of nitrogens with one attached hydrogen (secondary N) is 1. The highest BCUT2D eigenvalue weighted by molar-refractivity contribution is 7.98. The second kappa shape index (κ2) is 8.93. The monoisotopic (exact) mass is 479 g/mol. The molecule has 170 valence electrons. The van der Waals surface area contributed by atoms with Crippen LogP contribution in [0.5, 0.6) is 0 Å². The van der Waals surface area contributed by atoms with Gasteiger partial charge in [0, 0.05) is 23.1 Å². The van der Waals surface area contributed by atoms with Crippen molar-refractivity contribution in [2.24, 2.45) is 0 Å². The predicted molar refractivity (Wildman–Crippen MR) is 113 cm³/mol. The van der Waals surface area contributed by atoms with Crippen molar-refractivity contribution in [3.05, 3.63) is 89.7 Å². The molecule has 0 saturated heterocycles. The molecule has 0 atom stereocenters. The van der Waals surface area contributed by atoms with E-state index in [0.717, 1.165) is 30.0 Å². The first-order valence-electron chi connectivity index (χ1n) is 9.59. The third kappa shape index (κ3) is 5.39. The van der Waals surface area contributed by atoms with Gasteiger partial charge in [0.1, 0.15) is 0 Å². The van der Waals surface area contributed by atoms with Crippen molar-refractivity contribution in [1.82, 2.24) is 15.0 Å². The zero-order chi connectivity index (χ0) is 23.6. The molecule has 10 heteroatoms. The number of alkyl halides is 6. The predicted octanol–water partition coefficient (Wildman–Crippen LogP) is 7.47. The van der Waals surface area contributed by atoms with E-state index >= 15 is 0 Å². The van der Waals surface area contributed by atoms with Crippen LogP contribution < -0.4 is 0 Å². The maximum atomic E-state index is 12.9. The summed E-state index contributed by atoms with van der Waals surface area (Å²) in [7, 11) is 0. The summed E-state index contributed by atoms with van der Waals surface area (Å²) in [6.07, 6.45) is -7.31. The molecule has 3 nitrogen and oxygen atoms in total. The largest absolute Gasteiger partial charge is 0.416 e. The number of rotatable bonds is 5. The van der Waals surface area contributed by atoms with Crippen LogP contribution in [0.2, 0.25) is 0 Å². The lowest BCUT2D eigenvalue weighted by Gasteiger charge is -2.09. The zero-order valence-electron chi connectivity index (χ0n) is 16.7. The normalized spacial score (nSPS) is 12.2. The lowest BCUT2D eigenvalue weighted by molar-refractivity contribution is -0.138. The highest BCUT2D eigenvalue weighted by Gasteiger charge is 2.31. The van der Waals surface area contributed by atoms with E-state index in [9.17, 15) is 26.3 Å². The minimum Gasteiger partial charge on any atom is -0.332 e. The Bertz CT molecular complexity index is 1140.